The van der Waals surface area contributed by atoms with E-state index in [4.69, 9.17) is 22.1 Å². The minimum Gasteiger partial charge on any atom is -0.368 e. The molecule has 0 spiro atoms. The summed E-state index contributed by atoms with van der Waals surface area (Å²) in [4.78, 5) is 23.4. The standard InChI is InChI=1S/C14H17ClN2O3/c15-10-4-1-3-9(7-10)8-11(13(16)18)17-14(19)12-5-2-6-20-12/h1,3-4,7,11-12H,2,5-6,8H2,(H2,16,18)(H,17,19)/t11-,12+/m1/s1. The van der Waals surface area contributed by atoms with E-state index in [2.05, 4.69) is 5.32 Å². The summed E-state index contributed by atoms with van der Waals surface area (Å²) >= 11 is 5.89. The number of halogens is 1. The van der Waals surface area contributed by atoms with Crippen molar-refractivity contribution in [2.24, 2.45) is 5.73 Å². The van der Waals surface area contributed by atoms with Gasteiger partial charge in [0.2, 0.25) is 11.8 Å². The Bertz CT molecular complexity index is 501. The third-order valence-electron chi connectivity index (χ3n) is 3.21. The number of benzene rings is 1. The van der Waals surface area contributed by atoms with E-state index < -0.39 is 18.1 Å². The van der Waals surface area contributed by atoms with Gasteiger partial charge in [-0.1, -0.05) is 23.7 Å². The summed E-state index contributed by atoms with van der Waals surface area (Å²) in [6, 6.07) is 6.35. The fourth-order valence-corrected chi connectivity index (χ4v) is 2.38. The van der Waals surface area contributed by atoms with Gasteiger partial charge in [-0.25, -0.2) is 0 Å². The van der Waals surface area contributed by atoms with E-state index in [0.717, 1.165) is 12.0 Å². The zero-order valence-electron chi connectivity index (χ0n) is 11.0. The smallest absolute Gasteiger partial charge is 0.249 e. The maximum atomic E-state index is 11.9. The number of nitrogens with two attached hydrogens (primary N) is 1. The number of rotatable bonds is 5. The molecule has 2 atom stereocenters. The molecule has 0 aromatic heterocycles. The van der Waals surface area contributed by atoms with Crippen LogP contribution in [-0.2, 0) is 20.7 Å². The Balaban J connectivity index is 2.00. The third kappa shape index (κ3) is 3.95. The Hall–Kier alpha value is -1.59. The second kappa shape index (κ2) is 6.72. The molecule has 0 aliphatic carbocycles. The molecule has 6 heteroatoms. The first kappa shape index (κ1) is 14.8. The molecule has 0 saturated carbocycles. The monoisotopic (exact) mass is 296 g/mol. The van der Waals surface area contributed by atoms with Gasteiger partial charge >= 0.3 is 0 Å². The Labute approximate surface area is 122 Å². The van der Waals surface area contributed by atoms with Crippen molar-refractivity contribution in [2.45, 2.75) is 31.4 Å². The number of primary amides is 1. The van der Waals surface area contributed by atoms with E-state index >= 15 is 0 Å². The van der Waals surface area contributed by atoms with Crippen molar-refractivity contribution in [3.8, 4) is 0 Å². The van der Waals surface area contributed by atoms with Crippen molar-refractivity contribution >= 4 is 23.4 Å². The van der Waals surface area contributed by atoms with Crippen LogP contribution in [0.5, 0.6) is 0 Å². The molecule has 1 aliphatic heterocycles. The van der Waals surface area contributed by atoms with E-state index in [1.165, 1.54) is 0 Å². The van der Waals surface area contributed by atoms with Gasteiger partial charge in [-0.2, -0.15) is 0 Å². The van der Waals surface area contributed by atoms with Crippen LogP contribution in [0.2, 0.25) is 5.02 Å². The molecular weight excluding hydrogens is 280 g/mol. The van der Waals surface area contributed by atoms with Gasteiger partial charge in [-0.15, -0.1) is 0 Å². The van der Waals surface area contributed by atoms with Crippen molar-refractivity contribution in [3.63, 3.8) is 0 Å². The normalized spacial score (nSPS) is 19.6. The number of carbonyl (C=O) groups excluding carboxylic acids is 2. The maximum Gasteiger partial charge on any atom is 0.249 e. The van der Waals surface area contributed by atoms with Crippen LogP contribution in [0.1, 0.15) is 18.4 Å². The molecule has 1 saturated heterocycles. The molecule has 2 rings (SSSR count). The topological polar surface area (TPSA) is 81.4 Å². The lowest BCUT2D eigenvalue weighted by Gasteiger charge is -2.18. The summed E-state index contributed by atoms with van der Waals surface area (Å²) < 4.78 is 5.28. The van der Waals surface area contributed by atoms with Crippen molar-refractivity contribution in [1.29, 1.82) is 0 Å². The summed E-state index contributed by atoms with van der Waals surface area (Å²) in [7, 11) is 0. The fourth-order valence-electron chi connectivity index (χ4n) is 2.17. The van der Waals surface area contributed by atoms with Crippen molar-refractivity contribution in [2.75, 3.05) is 6.61 Å². The lowest BCUT2D eigenvalue weighted by molar-refractivity contribution is -0.133. The molecule has 1 aromatic rings. The van der Waals surface area contributed by atoms with Crippen LogP contribution in [-0.4, -0.2) is 30.6 Å². The molecule has 0 radical (unpaired) electrons. The lowest BCUT2D eigenvalue weighted by atomic mass is 10.0. The van der Waals surface area contributed by atoms with E-state index in [0.29, 0.717) is 24.5 Å². The van der Waals surface area contributed by atoms with Gasteiger partial charge in [0.15, 0.2) is 0 Å². The highest BCUT2D eigenvalue weighted by Crippen LogP contribution is 2.14. The van der Waals surface area contributed by atoms with E-state index in [1.807, 2.05) is 6.07 Å². The quantitative estimate of drug-likeness (QED) is 0.851. The van der Waals surface area contributed by atoms with Crippen molar-refractivity contribution < 1.29 is 14.3 Å². The summed E-state index contributed by atoms with van der Waals surface area (Å²) in [6.45, 7) is 0.577. The molecule has 5 nitrogen and oxygen atoms in total. The molecule has 0 bridgehead atoms. The number of hydrogen-bond acceptors (Lipinski definition) is 3. The Morgan fingerprint density at radius 2 is 2.30 bits per heavy atom. The SMILES string of the molecule is NC(=O)[C@@H](Cc1cccc(Cl)c1)NC(=O)[C@@H]1CCCO1. The zero-order valence-corrected chi connectivity index (χ0v) is 11.7. The van der Waals surface area contributed by atoms with E-state index in [-0.39, 0.29) is 5.91 Å². The number of nitrogens with one attached hydrogen (secondary N) is 1. The second-order valence-corrected chi connectivity index (χ2v) is 5.24. The van der Waals surface area contributed by atoms with Crippen LogP contribution in [0.15, 0.2) is 24.3 Å². The van der Waals surface area contributed by atoms with Gasteiger partial charge in [0, 0.05) is 18.1 Å². The summed E-state index contributed by atoms with van der Waals surface area (Å²) in [5.74, 6) is -0.857. The van der Waals surface area contributed by atoms with Gasteiger partial charge in [-0.05, 0) is 30.5 Å². The van der Waals surface area contributed by atoms with Gasteiger partial charge in [-0.3, -0.25) is 9.59 Å². The first-order chi connectivity index (χ1) is 9.56. The highest BCUT2D eigenvalue weighted by atomic mass is 35.5. The van der Waals surface area contributed by atoms with E-state index in [9.17, 15) is 9.59 Å². The van der Waals surface area contributed by atoms with Gasteiger partial charge in [0.05, 0.1) is 0 Å². The zero-order chi connectivity index (χ0) is 14.5. The molecule has 3 N–H and O–H groups in total. The van der Waals surface area contributed by atoms with Crippen molar-refractivity contribution in [1.82, 2.24) is 5.32 Å². The molecule has 1 fully saturated rings. The summed E-state index contributed by atoms with van der Waals surface area (Å²) in [5, 5.41) is 3.22. The van der Waals surface area contributed by atoms with Crippen LogP contribution in [0.3, 0.4) is 0 Å². The molecule has 108 valence electrons. The summed E-state index contributed by atoms with van der Waals surface area (Å²) in [6.07, 6.45) is 1.37. The Morgan fingerprint density at radius 1 is 1.50 bits per heavy atom. The van der Waals surface area contributed by atoms with Crippen LogP contribution in [0.4, 0.5) is 0 Å². The number of amides is 2. The minimum atomic E-state index is -0.759. The van der Waals surface area contributed by atoms with Crippen molar-refractivity contribution in [3.05, 3.63) is 34.9 Å². The van der Waals surface area contributed by atoms with Gasteiger partial charge in [0.1, 0.15) is 12.1 Å². The third-order valence-corrected chi connectivity index (χ3v) is 3.45. The molecule has 2 amide bonds. The highest BCUT2D eigenvalue weighted by Gasteiger charge is 2.27. The predicted octanol–water partition coefficient (Wildman–Crippen LogP) is 1.03. The predicted molar refractivity (Wildman–Crippen MR) is 75.3 cm³/mol. The van der Waals surface area contributed by atoms with Crippen LogP contribution >= 0.6 is 11.6 Å². The second-order valence-electron chi connectivity index (χ2n) is 4.80. The van der Waals surface area contributed by atoms with E-state index in [1.54, 1.807) is 18.2 Å². The minimum absolute atomic E-state index is 0.284. The Morgan fingerprint density at radius 3 is 2.90 bits per heavy atom. The first-order valence-corrected chi connectivity index (χ1v) is 6.90. The highest BCUT2D eigenvalue weighted by molar-refractivity contribution is 6.30. The maximum absolute atomic E-state index is 11.9. The average molecular weight is 297 g/mol. The van der Waals surface area contributed by atoms with Crippen LogP contribution < -0.4 is 11.1 Å². The largest absolute Gasteiger partial charge is 0.368 e. The number of ether oxygens (including phenoxy) is 1. The Kier molecular flexibility index (Phi) is 4.98. The molecule has 1 aliphatic rings. The average Bonchev–Trinajstić information content (AvgIpc) is 2.91. The molecule has 1 heterocycles. The molecule has 20 heavy (non-hydrogen) atoms. The summed E-state index contributed by atoms with van der Waals surface area (Å²) in [5.41, 5.74) is 6.18. The molecule has 1 aromatic carbocycles. The molecule has 0 unspecified atom stereocenters. The lowest BCUT2D eigenvalue weighted by Crippen LogP contribution is -2.49. The van der Waals surface area contributed by atoms with Crippen LogP contribution in [0, 0.1) is 0 Å². The fraction of sp³-hybridized carbons (Fsp3) is 0.429. The van der Waals surface area contributed by atoms with Gasteiger partial charge in [0.25, 0.3) is 0 Å². The van der Waals surface area contributed by atoms with Gasteiger partial charge < -0.3 is 15.8 Å². The molecular formula is C14H17ClN2O3. The number of hydrogen-bond donors (Lipinski definition) is 2. The van der Waals surface area contributed by atoms with Crippen LogP contribution in [0.25, 0.3) is 0 Å². The first-order valence-electron chi connectivity index (χ1n) is 6.52. The number of carbonyl (C=O) groups is 2.